The topological polar surface area (TPSA) is 50.4 Å². The smallest absolute Gasteiger partial charge is 0.222 e. The molecule has 1 amide bonds. The van der Waals surface area contributed by atoms with Crippen LogP contribution in [0.5, 0.6) is 0 Å². The Balaban J connectivity index is 1.76. The zero-order valence-electron chi connectivity index (χ0n) is 13.9. The number of hydrogen-bond donors (Lipinski definition) is 2. The summed E-state index contributed by atoms with van der Waals surface area (Å²) in [7, 11) is 0. The van der Waals surface area contributed by atoms with Gasteiger partial charge in [-0.3, -0.25) is 4.79 Å². The summed E-state index contributed by atoms with van der Waals surface area (Å²) < 4.78 is 5.50. The first-order chi connectivity index (χ1) is 10.5. The summed E-state index contributed by atoms with van der Waals surface area (Å²) in [5.74, 6) is 0.0779. The van der Waals surface area contributed by atoms with Crippen molar-refractivity contribution in [3.05, 3.63) is 35.9 Å². The average Bonchev–Trinajstić information content (AvgIpc) is 2.99. The van der Waals surface area contributed by atoms with Crippen LogP contribution in [0.2, 0.25) is 0 Å². The van der Waals surface area contributed by atoms with Gasteiger partial charge in [0.05, 0.1) is 12.5 Å². The van der Waals surface area contributed by atoms with E-state index in [4.69, 9.17) is 4.74 Å². The van der Waals surface area contributed by atoms with Crippen LogP contribution in [0.15, 0.2) is 30.3 Å². The standard InChI is InChI=1S/C18H28N2O2/c1-14(15-8-5-4-6-9-15)20-18(2,3)13-19-17(21)12-16-10-7-11-22-16/h4-6,8-9,14,16,20H,7,10-13H2,1-3H3,(H,19,21)/t14-,16+/m0/s1. The third-order valence-corrected chi connectivity index (χ3v) is 4.07. The molecule has 2 N–H and O–H groups in total. The molecule has 1 aliphatic rings. The summed E-state index contributed by atoms with van der Waals surface area (Å²) in [6, 6.07) is 10.6. The number of ether oxygens (including phenoxy) is 1. The largest absolute Gasteiger partial charge is 0.378 e. The van der Waals surface area contributed by atoms with E-state index in [2.05, 4.69) is 43.5 Å². The molecular weight excluding hydrogens is 276 g/mol. The van der Waals surface area contributed by atoms with Crippen LogP contribution in [-0.2, 0) is 9.53 Å². The van der Waals surface area contributed by atoms with Crippen LogP contribution in [0.4, 0.5) is 0 Å². The molecule has 1 fully saturated rings. The van der Waals surface area contributed by atoms with E-state index >= 15 is 0 Å². The maximum atomic E-state index is 12.0. The van der Waals surface area contributed by atoms with Crippen LogP contribution in [-0.4, -0.2) is 30.7 Å². The number of amides is 1. The van der Waals surface area contributed by atoms with E-state index in [1.807, 2.05) is 18.2 Å². The van der Waals surface area contributed by atoms with Gasteiger partial charge < -0.3 is 15.4 Å². The molecule has 1 heterocycles. The van der Waals surface area contributed by atoms with Gasteiger partial charge >= 0.3 is 0 Å². The summed E-state index contributed by atoms with van der Waals surface area (Å²) >= 11 is 0. The molecule has 4 nitrogen and oxygen atoms in total. The fraction of sp³-hybridized carbons (Fsp3) is 0.611. The van der Waals surface area contributed by atoms with Gasteiger partial charge in [0.1, 0.15) is 0 Å². The minimum absolute atomic E-state index is 0.0779. The van der Waals surface area contributed by atoms with E-state index in [0.717, 1.165) is 19.4 Å². The van der Waals surface area contributed by atoms with E-state index < -0.39 is 0 Å². The molecule has 0 spiro atoms. The van der Waals surface area contributed by atoms with Crippen molar-refractivity contribution in [3.8, 4) is 0 Å². The Morgan fingerprint density at radius 3 is 2.73 bits per heavy atom. The van der Waals surface area contributed by atoms with Gasteiger partial charge in [0.2, 0.25) is 5.91 Å². The molecule has 1 saturated heterocycles. The summed E-state index contributed by atoms with van der Waals surface area (Å²) in [6.07, 6.45) is 2.66. The third kappa shape index (κ3) is 5.43. The maximum absolute atomic E-state index is 12.0. The van der Waals surface area contributed by atoms with E-state index in [1.165, 1.54) is 5.56 Å². The molecule has 22 heavy (non-hydrogen) atoms. The highest BCUT2D eigenvalue weighted by atomic mass is 16.5. The summed E-state index contributed by atoms with van der Waals surface area (Å²) in [4.78, 5) is 12.0. The third-order valence-electron chi connectivity index (χ3n) is 4.07. The van der Waals surface area contributed by atoms with Gasteiger partial charge in [-0.2, -0.15) is 0 Å². The fourth-order valence-electron chi connectivity index (χ4n) is 2.87. The zero-order valence-corrected chi connectivity index (χ0v) is 13.9. The molecule has 2 rings (SSSR count). The van der Waals surface area contributed by atoms with Crippen LogP contribution in [0.3, 0.4) is 0 Å². The molecule has 0 radical (unpaired) electrons. The van der Waals surface area contributed by atoms with Crippen molar-refractivity contribution in [2.45, 2.75) is 57.7 Å². The normalized spacial score (nSPS) is 19.9. The second-order valence-electron chi connectivity index (χ2n) is 6.78. The number of benzene rings is 1. The maximum Gasteiger partial charge on any atom is 0.222 e. The van der Waals surface area contributed by atoms with Crippen molar-refractivity contribution >= 4 is 5.91 Å². The monoisotopic (exact) mass is 304 g/mol. The highest BCUT2D eigenvalue weighted by Gasteiger charge is 2.23. The van der Waals surface area contributed by atoms with Crippen LogP contribution >= 0.6 is 0 Å². The second-order valence-corrected chi connectivity index (χ2v) is 6.78. The van der Waals surface area contributed by atoms with Crippen LogP contribution in [0.25, 0.3) is 0 Å². The minimum atomic E-state index is -0.165. The molecule has 0 saturated carbocycles. The molecular formula is C18H28N2O2. The first-order valence-corrected chi connectivity index (χ1v) is 8.17. The van der Waals surface area contributed by atoms with Crippen molar-refractivity contribution in [1.82, 2.24) is 10.6 Å². The second kappa shape index (κ2) is 7.75. The average molecular weight is 304 g/mol. The zero-order chi connectivity index (χ0) is 16.0. The number of carbonyl (C=O) groups is 1. The van der Waals surface area contributed by atoms with Crippen molar-refractivity contribution in [3.63, 3.8) is 0 Å². The molecule has 0 aromatic heterocycles. The van der Waals surface area contributed by atoms with Crippen molar-refractivity contribution in [2.24, 2.45) is 0 Å². The first-order valence-electron chi connectivity index (χ1n) is 8.17. The molecule has 2 atom stereocenters. The Morgan fingerprint density at radius 2 is 2.09 bits per heavy atom. The Bertz CT molecular complexity index is 467. The molecule has 4 heteroatoms. The van der Waals surface area contributed by atoms with Crippen molar-refractivity contribution in [2.75, 3.05) is 13.2 Å². The highest BCUT2D eigenvalue weighted by Crippen LogP contribution is 2.17. The lowest BCUT2D eigenvalue weighted by atomic mass is 10.0. The molecule has 1 aromatic carbocycles. The van der Waals surface area contributed by atoms with Crippen LogP contribution < -0.4 is 10.6 Å². The van der Waals surface area contributed by atoms with Gasteiger partial charge in [-0.1, -0.05) is 30.3 Å². The fourth-order valence-corrected chi connectivity index (χ4v) is 2.87. The van der Waals surface area contributed by atoms with E-state index in [1.54, 1.807) is 0 Å². The lowest BCUT2D eigenvalue weighted by molar-refractivity contribution is -0.123. The van der Waals surface area contributed by atoms with E-state index in [9.17, 15) is 4.79 Å². The Kier molecular flexibility index (Phi) is 5.98. The molecule has 0 unspecified atom stereocenters. The summed E-state index contributed by atoms with van der Waals surface area (Å²) in [6.45, 7) is 7.76. The van der Waals surface area contributed by atoms with E-state index in [0.29, 0.717) is 13.0 Å². The molecule has 0 bridgehead atoms. The number of hydrogen-bond acceptors (Lipinski definition) is 3. The highest BCUT2D eigenvalue weighted by molar-refractivity contribution is 5.76. The predicted molar refractivity (Wildman–Crippen MR) is 88.7 cm³/mol. The number of carbonyl (C=O) groups excluding carboxylic acids is 1. The number of rotatable bonds is 7. The molecule has 0 aliphatic carbocycles. The molecule has 122 valence electrons. The van der Waals surface area contributed by atoms with Gasteiger partial charge in [-0.25, -0.2) is 0 Å². The lowest BCUT2D eigenvalue weighted by Gasteiger charge is -2.31. The summed E-state index contributed by atoms with van der Waals surface area (Å²) in [5, 5.41) is 6.60. The van der Waals surface area contributed by atoms with E-state index in [-0.39, 0.29) is 23.6 Å². The van der Waals surface area contributed by atoms with Gasteiger partial charge in [-0.15, -0.1) is 0 Å². The van der Waals surface area contributed by atoms with Crippen LogP contribution in [0.1, 0.15) is 51.6 Å². The first kappa shape index (κ1) is 17.0. The van der Waals surface area contributed by atoms with Gasteiger partial charge in [-0.05, 0) is 39.2 Å². The predicted octanol–water partition coefficient (Wildman–Crippen LogP) is 2.80. The molecule has 1 aromatic rings. The minimum Gasteiger partial charge on any atom is -0.378 e. The lowest BCUT2D eigenvalue weighted by Crippen LogP contribution is -2.50. The number of nitrogens with one attached hydrogen (secondary N) is 2. The Labute approximate surface area is 133 Å². The van der Waals surface area contributed by atoms with Gasteiger partial charge in [0.25, 0.3) is 0 Å². The quantitative estimate of drug-likeness (QED) is 0.814. The molecule has 1 aliphatic heterocycles. The van der Waals surface area contributed by atoms with Crippen molar-refractivity contribution < 1.29 is 9.53 Å². The SMILES string of the molecule is C[C@H](NC(C)(C)CNC(=O)C[C@H]1CCCO1)c1ccccc1. The van der Waals surface area contributed by atoms with Crippen LogP contribution in [0, 0.1) is 0 Å². The summed E-state index contributed by atoms with van der Waals surface area (Å²) in [5.41, 5.74) is 1.09. The Hall–Kier alpha value is -1.39. The van der Waals surface area contributed by atoms with Gasteiger partial charge in [0, 0.05) is 24.7 Å². The van der Waals surface area contributed by atoms with Crippen molar-refractivity contribution in [1.29, 1.82) is 0 Å². The van der Waals surface area contributed by atoms with Gasteiger partial charge in [0.15, 0.2) is 0 Å². The Morgan fingerprint density at radius 1 is 1.36 bits per heavy atom.